The summed E-state index contributed by atoms with van der Waals surface area (Å²) >= 11 is 0. The van der Waals surface area contributed by atoms with Gasteiger partial charge in [-0.2, -0.15) is 0 Å². The largest absolute Gasteiger partial charge is 0.462 e. The van der Waals surface area contributed by atoms with Crippen LogP contribution in [-0.2, 0) is 19.1 Å². The molecular formula is C44H76O4. The van der Waals surface area contributed by atoms with E-state index in [0.717, 1.165) is 61.2 Å². The van der Waals surface area contributed by atoms with Gasteiger partial charge in [-0.15, -0.1) is 0 Å². The quantitative estimate of drug-likeness (QED) is 0.111. The summed E-state index contributed by atoms with van der Waals surface area (Å²) < 4.78 is 12.6. The highest BCUT2D eigenvalue weighted by atomic mass is 16.6. The van der Waals surface area contributed by atoms with Crippen LogP contribution in [0.4, 0.5) is 0 Å². The molecular weight excluding hydrogens is 592 g/mol. The van der Waals surface area contributed by atoms with E-state index < -0.39 is 16.4 Å². The minimum Gasteiger partial charge on any atom is -0.462 e. The first kappa shape index (κ1) is 39.5. The molecule has 3 fully saturated rings. The van der Waals surface area contributed by atoms with Crippen LogP contribution in [0.5, 0.6) is 0 Å². The molecule has 0 heterocycles. The fraction of sp³-hybridized carbons (Fsp3) is 0.909. The number of hydrogen-bond acceptors (Lipinski definition) is 4. The highest BCUT2D eigenvalue weighted by Gasteiger charge is 2.55. The van der Waals surface area contributed by atoms with Gasteiger partial charge in [-0.05, 0) is 138 Å². The van der Waals surface area contributed by atoms with Crippen molar-refractivity contribution in [1.29, 1.82) is 0 Å². The minimum absolute atomic E-state index is 0.0634. The summed E-state index contributed by atoms with van der Waals surface area (Å²) in [6, 6.07) is 0. The third kappa shape index (κ3) is 8.58. The molecule has 0 aromatic carbocycles. The van der Waals surface area contributed by atoms with Gasteiger partial charge in [-0.3, -0.25) is 9.59 Å². The standard InChI is InChI=1S/C44H76O4/c1-29(2)16-14-15-17-31-18-20-35-34(31)22-23-37-36(35)21-19-32-26-33(24-25-43(32,37)12)47-38(45)41(8,9)28-42(10,11)48-39(46)44(13,27-30(3)4)40(5,6)7/h19,29-31,33-37H,14-18,20-28H2,1-13H3. The normalized spacial score (nSPS) is 32.2. The average molecular weight is 669 g/mol. The zero-order valence-corrected chi connectivity index (χ0v) is 33.7. The van der Waals surface area contributed by atoms with Crippen LogP contribution in [0.15, 0.2) is 11.6 Å². The number of hydrogen-bond donors (Lipinski definition) is 0. The predicted octanol–water partition coefficient (Wildman–Crippen LogP) is 12.1. The number of carbonyl (C=O) groups excluding carboxylic acids is 2. The van der Waals surface area contributed by atoms with Crippen LogP contribution in [0, 0.1) is 63.1 Å². The highest BCUT2D eigenvalue weighted by Crippen LogP contribution is 2.63. The van der Waals surface area contributed by atoms with E-state index >= 15 is 0 Å². The molecule has 0 saturated heterocycles. The zero-order valence-electron chi connectivity index (χ0n) is 33.7. The Kier molecular flexibility index (Phi) is 12.1. The highest BCUT2D eigenvalue weighted by molar-refractivity contribution is 5.78. The third-order valence-electron chi connectivity index (χ3n) is 14.1. The first-order valence-corrected chi connectivity index (χ1v) is 20.2. The van der Waals surface area contributed by atoms with Crippen molar-refractivity contribution in [3.05, 3.63) is 11.6 Å². The van der Waals surface area contributed by atoms with Gasteiger partial charge in [0.15, 0.2) is 0 Å². The maximum absolute atomic E-state index is 13.8. The molecule has 276 valence electrons. The summed E-state index contributed by atoms with van der Waals surface area (Å²) in [6.07, 6.45) is 19.3. The van der Waals surface area contributed by atoms with E-state index in [2.05, 4.69) is 61.5 Å². The predicted molar refractivity (Wildman–Crippen MR) is 199 cm³/mol. The van der Waals surface area contributed by atoms with E-state index in [9.17, 15) is 9.59 Å². The number of carbonyl (C=O) groups is 2. The van der Waals surface area contributed by atoms with E-state index in [0.29, 0.717) is 12.3 Å². The Bertz CT molecular complexity index is 1150. The van der Waals surface area contributed by atoms with E-state index in [1.807, 2.05) is 34.6 Å². The van der Waals surface area contributed by atoms with Crippen LogP contribution >= 0.6 is 0 Å². The van der Waals surface area contributed by atoms with Crippen LogP contribution in [0.1, 0.15) is 180 Å². The molecule has 0 aromatic rings. The molecule has 0 spiro atoms. The fourth-order valence-electron chi connectivity index (χ4n) is 11.2. The first-order valence-electron chi connectivity index (χ1n) is 20.2. The second kappa shape index (κ2) is 14.7. The Morgan fingerprint density at radius 1 is 0.833 bits per heavy atom. The van der Waals surface area contributed by atoms with Crippen LogP contribution in [-0.4, -0.2) is 23.6 Å². The molecule has 8 unspecified atom stereocenters. The van der Waals surface area contributed by atoms with Gasteiger partial charge in [-0.1, -0.05) is 92.7 Å². The zero-order chi connectivity index (χ0) is 35.9. The summed E-state index contributed by atoms with van der Waals surface area (Å²) in [7, 11) is 0. The number of fused-ring (bicyclic) bond motifs is 5. The van der Waals surface area contributed by atoms with Gasteiger partial charge in [0.1, 0.15) is 11.7 Å². The van der Waals surface area contributed by atoms with Crippen molar-refractivity contribution in [3.63, 3.8) is 0 Å². The lowest BCUT2D eigenvalue weighted by Crippen LogP contribution is -2.48. The molecule has 4 aliphatic rings. The Balaban J connectivity index is 1.34. The van der Waals surface area contributed by atoms with Gasteiger partial charge >= 0.3 is 11.9 Å². The second-order valence-electron chi connectivity index (χ2n) is 20.7. The van der Waals surface area contributed by atoms with Crippen LogP contribution in [0.3, 0.4) is 0 Å². The van der Waals surface area contributed by atoms with Crippen molar-refractivity contribution < 1.29 is 19.1 Å². The van der Waals surface area contributed by atoms with Crippen LogP contribution in [0.25, 0.3) is 0 Å². The number of unbranched alkanes of at least 4 members (excludes halogenated alkanes) is 1. The molecule has 4 heteroatoms. The molecule has 0 radical (unpaired) electrons. The average Bonchev–Trinajstić information content (AvgIpc) is 3.36. The number of allylic oxidation sites excluding steroid dienone is 1. The SMILES string of the molecule is CC(C)CCCCC1CCC2C1CCC1C2CC=C2CC(OC(=O)C(C)(C)CC(C)(C)OC(=O)C(C)(CC(C)C)C(C)(C)C)CCC21C. The van der Waals surface area contributed by atoms with Crippen molar-refractivity contribution in [3.8, 4) is 0 Å². The van der Waals surface area contributed by atoms with Gasteiger partial charge in [0.25, 0.3) is 0 Å². The Morgan fingerprint density at radius 2 is 1.50 bits per heavy atom. The monoisotopic (exact) mass is 669 g/mol. The lowest BCUT2D eigenvalue weighted by atomic mass is 9.50. The molecule has 8 atom stereocenters. The Hall–Kier alpha value is -1.32. The first-order chi connectivity index (χ1) is 22.1. The number of ether oxygens (including phenoxy) is 2. The van der Waals surface area contributed by atoms with E-state index in [4.69, 9.17) is 9.47 Å². The maximum atomic E-state index is 13.8. The van der Waals surface area contributed by atoms with Crippen molar-refractivity contribution >= 4 is 11.9 Å². The summed E-state index contributed by atoms with van der Waals surface area (Å²) in [5.74, 6) is 5.36. The molecule has 0 aromatic heterocycles. The summed E-state index contributed by atoms with van der Waals surface area (Å²) in [6.45, 7) is 27.8. The molecule has 4 nitrogen and oxygen atoms in total. The van der Waals surface area contributed by atoms with Gasteiger partial charge in [-0.25, -0.2) is 0 Å². The minimum atomic E-state index is -0.790. The lowest BCUT2D eigenvalue weighted by Gasteiger charge is -2.55. The summed E-state index contributed by atoms with van der Waals surface area (Å²) in [5.41, 5.74) is -0.591. The lowest BCUT2D eigenvalue weighted by molar-refractivity contribution is -0.183. The molecule has 4 aliphatic carbocycles. The molecule has 48 heavy (non-hydrogen) atoms. The van der Waals surface area contributed by atoms with Gasteiger partial charge < -0.3 is 9.47 Å². The van der Waals surface area contributed by atoms with Gasteiger partial charge in [0.2, 0.25) is 0 Å². The number of rotatable bonds is 13. The van der Waals surface area contributed by atoms with Crippen molar-refractivity contribution in [2.45, 2.75) is 192 Å². The fourth-order valence-corrected chi connectivity index (χ4v) is 11.2. The van der Waals surface area contributed by atoms with E-state index in [1.54, 1.807) is 5.57 Å². The summed E-state index contributed by atoms with van der Waals surface area (Å²) in [4.78, 5) is 27.5. The molecule has 0 amide bonds. The van der Waals surface area contributed by atoms with Gasteiger partial charge in [0.05, 0.1) is 10.8 Å². The third-order valence-corrected chi connectivity index (χ3v) is 14.1. The van der Waals surface area contributed by atoms with Crippen LogP contribution in [0.2, 0.25) is 0 Å². The molecule has 0 bridgehead atoms. The number of esters is 2. The molecule has 4 rings (SSSR count). The Labute approximate surface area is 296 Å². The molecule has 3 saturated carbocycles. The van der Waals surface area contributed by atoms with Crippen molar-refractivity contribution in [1.82, 2.24) is 0 Å². The smallest absolute Gasteiger partial charge is 0.312 e. The van der Waals surface area contributed by atoms with Crippen LogP contribution < -0.4 is 0 Å². The molecule has 0 aliphatic heterocycles. The second-order valence-corrected chi connectivity index (χ2v) is 20.7. The van der Waals surface area contributed by atoms with Crippen molar-refractivity contribution in [2.75, 3.05) is 0 Å². The van der Waals surface area contributed by atoms with E-state index in [-0.39, 0.29) is 28.9 Å². The summed E-state index contributed by atoms with van der Waals surface area (Å²) in [5, 5.41) is 0. The van der Waals surface area contributed by atoms with Gasteiger partial charge in [0, 0.05) is 12.8 Å². The van der Waals surface area contributed by atoms with Crippen molar-refractivity contribution in [2.24, 2.45) is 63.1 Å². The molecule has 0 N–H and O–H groups in total. The topological polar surface area (TPSA) is 52.6 Å². The Morgan fingerprint density at radius 3 is 2.12 bits per heavy atom. The van der Waals surface area contributed by atoms with E-state index in [1.165, 1.54) is 57.8 Å². The maximum Gasteiger partial charge on any atom is 0.312 e.